The van der Waals surface area contributed by atoms with Crippen LogP contribution in [0.4, 0.5) is 13.2 Å². The monoisotopic (exact) mass is 314 g/mol. The molecule has 0 fully saturated rings. The molecule has 0 aromatic carbocycles. The maximum Gasteiger partial charge on any atom is 0.390 e. The van der Waals surface area contributed by atoms with E-state index in [9.17, 15) is 13.2 Å². The number of halogens is 4. The molecular weight excluding hydrogens is 297 g/mol. The van der Waals surface area contributed by atoms with Crippen molar-refractivity contribution in [1.82, 2.24) is 4.90 Å². The van der Waals surface area contributed by atoms with Crippen molar-refractivity contribution in [3.63, 3.8) is 0 Å². The van der Waals surface area contributed by atoms with E-state index in [1.807, 2.05) is 13.0 Å². The summed E-state index contributed by atoms with van der Waals surface area (Å²) in [5.74, 6) is 0. The Morgan fingerprint density at radius 1 is 1.42 bits per heavy atom. The summed E-state index contributed by atoms with van der Waals surface area (Å²) in [6.45, 7) is 1.85. The molecule has 1 aromatic rings. The van der Waals surface area contributed by atoms with Gasteiger partial charge in [0.1, 0.15) is 0 Å². The van der Waals surface area contributed by atoms with E-state index in [0.29, 0.717) is 10.8 Å². The van der Waals surface area contributed by atoms with E-state index in [1.54, 1.807) is 18.0 Å². The predicted octanol–water partition coefficient (Wildman–Crippen LogP) is 4.06. The van der Waals surface area contributed by atoms with Crippen LogP contribution in [0.2, 0.25) is 4.34 Å². The molecule has 2 atom stereocenters. The highest BCUT2D eigenvalue weighted by Crippen LogP contribution is 2.33. The molecule has 0 saturated heterocycles. The third-order valence-corrected chi connectivity index (χ3v) is 4.29. The zero-order chi connectivity index (χ0) is 14.6. The standard InChI is InChI=1S/C12H18ClF3N2S/c1-3-8(17)11(9-4-5-10(13)19-9)18(2)7-6-12(14,15)16/h4-5,8,11H,3,6-7,17H2,1-2H3. The molecular formula is C12H18ClF3N2S. The van der Waals surface area contributed by atoms with Crippen LogP contribution in [0.25, 0.3) is 0 Å². The summed E-state index contributed by atoms with van der Waals surface area (Å²) in [6.07, 6.45) is -4.30. The average Bonchev–Trinajstić information content (AvgIpc) is 2.72. The Bertz CT molecular complexity index is 395. The van der Waals surface area contributed by atoms with Crippen molar-refractivity contribution in [3.8, 4) is 0 Å². The van der Waals surface area contributed by atoms with Crippen molar-refractivity contribution in [2.75, 3.05) is 13.6 Å². The summed E-state index contributed by atoms with van der Waals surface area (Å²) < 4.78 is 37.5. The lowest BCUT2D eigenvalue weighted by molar-refractivity contribution is -0.138. The Labute approximate surface area is 120 Å². The highest BCUT2D eigenvalue weighted by atomic mass is 35.5. The van der Waals surface area contributed by atoms with Gasteiger partial charge in [0.05, 0.1) is 16.8 Å². The second-order valence-corrected chi connectivity index (χ2v) is 6.25. The molecule has 0 aliphatic rings. The summed E-state index contributed by atoms with van der Waals surface area (Å²) in [7, 11) is 1.67. The first-order valence-electron chi connectivity index (χ1n) is 6.02. The van der Waals surface area contributed by atoms with Crippen LogP contribution in [0.1, 0.15) is 30.7 Å². The van der Waals surface area contributed by atoms with Crippen LogP contribution in [0.5, 0.6) is 0 Å². The van der Waals surface area contributed by atoms with Crippen LogP contribution in [-0.2, 0) is 0 Å². The van der Waals surface area contributed by atoms with Crippen LogP contribution in [0.15, 0.2) is 12.1 Å². The number of hydrogen-bond donors (Lipinski definition) is 1. The minimum Gasteiger partial charge on any atom is -0.326 e. The average molecular weight is 315 g/mol. The molecule has 2 unspecified atom stereocenters. The van der Waals surface area contributed by atoms with Gasteiger partial charge in [-0.25, -0.2) is 0 Å². The first-order valence-corrected chi connectivity index (χ1v) is 7.22. The van der Waals surface area contributed by atoms with E-state index < -0.39 is 12.6 Å². The van der Waals surface area contributed by atoms with E-state index in [0.717, 1.165) is 4.88 Å². The molecule has 0 radical (unpaired) electrons. The van der Waals surface area contributed by atoms with Gasteiger partial charge in [0.15, 0.2) is 0 Å². The molecule has 0 bridgehead atoms. The third-order valence-electron chi connectivity index (χ3n) is 2.99. The van der Waals surface area contributed by atoms with Crippen molar-refractivity contribution in [3.05, 3.63) is 21.3 Å². The zero-order valence-electron chi connectivity index (χ0n) is 10.9. The molecule has 2 nitrogen and oxygen atoms in total. The Hall–Kier alpha value is -0.300. The summed E-state index contributed by atoms with van der Waals surface area (Å²) in [5.41, 5.74) is 6.04. The number of alkyl halides is 3. The van der Waals surface area contributed by atoms with E-state index >= 15 is 0 Å². The summed E-state index contributed by atoms with van der Waals surface area (Å²) >= 11 is 7.25. The minimum atomic E-state index is -4.15. The van der Waals surface area contributed by atoms with Crippen molar-refractivity contribution < 1.29 is 13.2 Å². The lowest BCUT2D eigenvalue weighted by Gasteiger charge is -2.31. The summed E-state index contributed by atoms with van der Waals surface area (Å²) in [4.78, 5) is 2.56. The number of hydrogen-bond acceptors (Lipinski definition) is 3. The Kier molecular flexibility index (Phi) is 6.11. The van der Waals surface area contributed by atoms with Gasteiger partial charge >= 0.3 is 6.18 Å². The number of nitrogens with zero attached hydrogens (tertiary/aromatic N) is 1. The molecule has 0 aliphatic carbocycles. The van der Waals surface area contributed by atoms with Crippen LogP contribution in [0, 0.1) is 0 Å². The topological polar surface area (TPSA) is 29.3 Å². The van der Waals surface area contributed by atoms with Crippen molar-refractivity contribution in [2.24, 2.45) is 5.73 Å². The number of nitrogens with two attached hydrogens (primary N) is 1. The maximum absolute atomic E-state index is 12.3. The second-order valence-electron chi connectivity index (χ2n) is 4.50. The van der Waals surface area contributed by atoms with Crippen molar-refractivity contribution in [1.29, 1.82) is 0 Å². The van der Waals surface area contributed by atoms with Gasteiger partial charge in [-0.1, -0.05) is 18.5 Å². The molecule has 2 N–H and O–H groups in total. The predicted molar refractivity (Wildman–Crippen MR) is 73.6 cm³/mol. The van der Waals surface area contributed by atoms with Crippen LogP contribution >= 0.6 is 22.9 Å². The number of thiophene rings is 1. The molecule has 7 heteroatoms. The first-order chi connectivity index (χ1) is 8.74. The fraction of sp³-hybridized carbons (Fsp3) is 0.667. The minimum absolute atomic E-state index is 0.0720. The normalized spacial score (nSPS) is 15.8. The van der Waals surface area contributed by atoms with Gasteiger partial charge in [-0.15, -0.1) is 11.3 Å². The molecule has 110 valence electrons. The molecule has 19 heavy (non-hydrogen) atoms. The highest BCUT2D eigenvalue weighted by Gasteiger charge is 2.30. The summed E-state index contributed by atoms with van der Waals surface area (Å²) in [6, 6.07) is 3.13. The van der Waals surface area contributed by atoms with Crippen molar-refractivity contribution >= 4 is 22.9 Å². The number of likely N-dealkylation sites (N-methyl/N-ethyl adjacent to an activating group) is 1. The van der Waals surface area contributed by atoms with Gasteiger partial charge in [0.2, 0.25) is 0 Å². The fourth-order valence-electron chi connectivity index (χ4n) is 1.91. The third kappa shape index (κ3) is 5.30. The van der Waals surface area contributed by atoms with Gasteiger partial charge in [-0.3, -0.25) is 4.90 Å². The Morgan fingerprint density at radius 3 is 2.47 bits per heavy atom. The highest BCUT2D eigenvalue weighted by molar-refractivity contribution is 7.16. The molecule has 0 saturated carbocycles. The molecule has 1 aromatic heterocycles. The van der Waals surface area contributed by atoms with Crippen LogP contribution in [0.3, 0.4) is 0 Å². The first kappa shape index (κ1) is 16.8. The maximum atomic E-state index is 12.3. The lowest BCUT2D eigenvalue weighted by Crippen LogP contribution is -2.39. The zero-order valence-corrected chi connectivity index (χ0v) is 12.4. The van der Waals surface area contributed by atoms with E-state index in [1.165, 1.54) is 11.3 Å². The smallest absolute Gasteiger partial charge is 0.326 e. The molecule has 0 spiro atoms. The van der Waals surface area contributed by atoms with Gasteiger partial charge in [0, 0.05) is 17.5 Å². The van der Waals surface area contributed by atoms with Gasteiger partial charge < -0.3 is 5.73 Å². The van der Waals surface area contributed by atoms with Crippen LogP contribution < -0.4 is 5.73 Å². The molecule has 0 amide bonds. The van der Waals surface area contributed by atoms with Gasteiger partial charge in [-0.2, -0.15) is 13.2 Å². The molecule has 1 heterocycles. The second kappa shape index (κ2) is 6.92. The number of rotatable bonds is 6. The SMILES string of the molecule is CCC(N)C(c1ccc(Cl)s1)N(C)CCC(F)(F)F. The molecule has 0 aliphatic heterocycles. The van der Waals surface area contributed by atoms with Crippen molar-refractivity contribution in [2.45, 2.75) is 38.0 Å². The molecule has 1 rings (SSSR count). The van der Waals surface area contributed by atoms with E-state index in [-0.39, 0.29) is 18.6 Å². The van der Waals surface area contributed by atoms with Gasteiger partial charge in [-0.05, 0) is 25.6 Å². The summed E-state index contributed by atoms with van der Waals surface area (Å²) in [5, 5.41) is 0. The fourth-order valence-corrected chi connectivity index (χ4v) is 3.21. The Balaban J connectivity index is 2.80. The van der Waals surface area contributed by atoms with E-state index in [2.05, 4.69) is 0 Å². The van der Waals surface area contributed by atoms with E-state index in [4.69, 9.17) is 17.3 Å². The quantitative estimate of drug-likeness (QED) is 0.858. The Morgan fingerprint density at radius 2 is 2.05 bits per heavy atom. The lowest BCUT2D eigenvalue weighted by atomic mass is 10.0. The van der Waals surface area contributed by atoms with Crippen LogP contribution in [-0.4, -0.2) is 30.7 Å². The largest absolute Gasteiger partial charge is 0.390 e. The van der Waals surface area contributed by atoms with Gasteiger partial charge in [0.25, 0.3) is 0 Å².